The maximum absolute atomic E-state index is 8.73. The summed E-state index contributed by atoms with van der Waals surface area (Å²) in [5, 5.41) is 2.86. The zero-order valence-electron chi connectivity index (χ0n) is 36.7. The molecule has 0 bridgehead atoms. The van der Waals surface area contributed by atoms with Crippen LogP contribution in [0, 0.1) is 18.1 Å². The molecule has 0 fully saturated rings. The maximum Gasteiger partial charge on any atom is 0.121 e. The summed E-state index contributed by atoms with van der Waals surface area (Å²) in [5.74, 6) is -0.113. The van der Waals surface area contributed by atoms with Crippen LogP contribution >= 0.6 is 0 Å². The Morgan fingerprint density at radius 3 is 2.21 bits per heavy atom. The fraction of sp³-hybridized carbons (Fsp3) is 0.149. The van der Waals surface area contributed by atoms with E-state index in [1.807, 2.05) is 92.8 Å². The van der Waals surface area contributed by atoms with Gasteiger partial charge in [-0.2, -0.15) is 0 Å². The quantitative estimate of drug-likeness (QED) is 0.118. The Kier molecular flexibility index (Phi) is 8.90. The topological polar surface area (TPSA) is 38.9 Å². The summed E-state index contributed by atoms with van der Waals surface area (Å²) < 4.78 is 63.7. The third-order valence-corrected chi connectivity index (χ3v) is 10.5. The molecule has 52 heavy (non-hydrogen) atoms. The number of hydrogen-bond donors (Lipinski definition) is 0. The Balaban J connectivity index is 0.000000196. The predicted octanol–water partition coefficient (Wildman–Crippen LogP) is 12.1. The monoisotopic (exact) mass is 878 g/mol. The van der Waals surface area contributed by atoms with Crippen LogP contribution in [0.5, 0.6) is 0 Å². The van der Waals surface area contributed by atoms with Crippen LogP contribution in [0.25, 0.3) is 66.7 Å². The van der Waals surface area contributed by atoms with Gasteiger partial charge in [0.2, 0.25) is 0 Å². The number of pyridine rings is 2. The van der Waals surface area contributed by atoms with Gasteiger partial charge in [-0.25, -0.2) is 0 Å². The molecule has 3 aromatic heterocycles. The van der Waals surface area contributed by atoms with Crippen LogP contribution < -0.4 is 5.19 Å². The Morgan fingerprint density at radius 1 is 0.731 bits per heavy atom. The Bertz CT molecular complexity index is 2760. The first-order valence-corrected chi connectivity index (χ1v) is 20.5. The molecule has 1 radical (unpaired) electrons. The Labute approximate surface area is 332 Å². The predicted molar refractivity (Wildman–Crippen MR) is 217 cm³/mol. The van der Waals surface area contributed by atoms with E-state index >= 15 is 0 Å². The summed E-state index contributed by atoms with van der Waals surface area (Å²) in [5.41, 5.74) is 8.06. The van der Waals surface area contributed by atoms with E-state index in [0.29, 0.717) is 16.7 Å². The van der Waals surface area contributed by atoms with Gasteiger partial charge >= 0.3 is 0 Å². The summed E-state index contributed by atoms with van der Waals surface area (Å²) >= 11 is 0. The van der Waals surface area contributed by atoms with Crippen LogP contribution in [0.15, 0.2) is 150 Å². The van der Waals surface area contributed by atoms with Crippen molar-refractivity contribution in [2.45, 2.75) is 39.9 Å². The summed E-state index contributed by atoms with van der Waals surface area (Å²) in [6.45, 7) is 10.6. The van der Waals surface area contributed by atoms with E-state index in [0.717, 1.165) is 55.2 Å². The van der Waals surface area contributed by atoms with E-state index < -0.39 is 20.5 Å². The van der Waals surface area contributed by atoms with Gasteiger partial charge in [0.25, 0.3) is 0 Å². The normalized spacial score (nSPS) is 13.5. The molecule has 0 unspecified atom stereocenters. The van der Waals surface area contributed by atoms with Crippen LogP contribution in [0.3, 0.4) is 0 Å². The molecular weight excluding hydrogens is 829 g/mol. The summed E-state index contributed by atoms with van der Waals surface area (Å²) in [7, 11) is -1.73. The molecular formula is C47H42IrN2OSi-2. The number of hydrogen-bond acceptors (Lipinski definition) is 3. The average molecular weight is 878 g/mol. The number of rotatable bonds is 7. The van der Waals surface area contributed by atoms with Crippen molar-refractivity contribution in [3.8, 4) is 44.8 Å². The summed E-state index contributed by atoms with van der Waals surface area (Å²) in [6.07, 6.45) is 2.21. The van der Waals surface area contributed by atoms with Gasteiger partial charge in [-0.1, -0.05) is 141 Å². The van der Waals surface area contributed by atoms with Crippen molar-refractivity contribution in [1.82, 2.24) is 9.97 Å². The molecule has 0 spiro atoms. The molecule has 0 aliphatic heterocycles. The second kappa shape index (κ2) is 16.2. The number of furan rings is 1. The summed E-state index contributed by atoms with van der Waals surface area (Å²) in [4.78, 5) is 9.11. The second-order valence-electron chi connectivity index (χ2n) is 13.6. The van der Waals surface area contributed by atoms with Crippen molar-refractivity contribution in [3.05, 3.63) is 163 Å². The third-order valence-electron chi connectivity index (χ3n) is 8.48. The van der Waals surface area contributed by atoms with Gasteiger partial charge < -0.3 is 14.4 Å². The van der Waals surface area contributed by atoms with Crippen LogP contribution in [-0.2, 0) is 26.5 Å². The first-order valence-electron chi connectivity index (χ1n) is 20.5. The van der Waals surface area contributed by atoms with Crippen LogP contribution in [0.4, 0.5) is 0 Å². The van der Waals surface area contributed by atoms with Crippen molar-refractivity contribution >= 4 is 35.2 Å². The molecule has 3 heterocycles. The zero-order chi connectivity index (χ0) is 41.5. The molecule has 3 nitrogen and oxygen atoms in total. The first kappa shape index (κ1) is 28.6. The minimum atomic E-state index is -1.73. The molecule has 0 amide bonds. The standard InChI is InChI=1S/C24H28NSi.C23H14NO.Ir/c1-18(2)14-22-16-23(25-17-24(22)26(3,4)5)21-13-9-12-20(15-21)19-10-7-6-8-11-19;1-2-7-16(8-3-1)17-12-13-18-19-9-6-10-20(21-11-4-5-14-24-21)23(19)25-22(18)15-17;/h6-12,15-18H,14H2,1-5H3;1-9,11-15H;/q2*-1;/i14D2;1D,2D,3D,7D,8D;. The molecule has 0 N–H and O–H groups in total. The van der Waals surface area contributed by atoms with Gasteiger partial charge in [0.15, 0.2) is 0 Å². The van der Waals surface area contributed by atoms with Crippen LogP contribution in [-0.4, -0.2) is 18.0 Å². The fourth-order valence-electron chi connectivity index (χ4n) is 6.05. The van der Waals surface area contributed by atoms with Crippen molar-refractivity contribution in [2.24, 2.45) is 5.92 Å². The maximum atomic E-state index is 8.73. The molecule has 5 aromatic carbocycles. The van der Waals surface area contributed by atoms with Crippen LogP contribution in [0.2, 0.25) is 19.6 Å². The molecule has 0 aliphatic rings. The fourth-order valence-corrected chi connectivity index (χ4v) is 7.45. The molecule has 0 saturated carbocycles. The molecule has 5 heteroatoms. The average Bonchev–Trinajstić information content (AvgIpc) is 3.61. The number of aromatic nitrogens is 2. The summed E-state index contributed by atoms with van der Waals surface area (Å²) in [6, 6.07) is 37.8. The number of nitrogens with zero attached hydrogens (tertiary/aromatic N) is 2. The SMILES string of the molecule is [2H]C([2H])(c1cc(-c2[c-]ccc(-c3ccccc3)c2)ncc1[Si](C)(C)C)C(C)C.[2H]c1c([2H])c([2H])c(-c2ccc3c(c2)oc2c(-c4ccccn4)[c-]ccc23)c([2H])c1[2H].[Ir]. The molecule has 261 valence electrons. The van der Waals surface area contributed by atoms with E-state index in [4.69, 9.17) is 19.0 Å². The van der Waals surface area contributed by atoms with Gasteiger partial charge in [-0.3, -0.25) is 0 Å². The Hall–Kier alpha value is -4.93. The molecule has 0 aliphatic carbocycles. The van der Waals surface area contributed by atoms with Gasteiger partial charge in [-0.05, 0) is 57.7 Å². The van der Waals surface area contributed by atoms with E-state index in [1.165, 1.54) is 0 Å². The van der Waals surface area contributed by atoms with Crippen LogP contribution in [0.1, 0.15) is 29.0 Å². The van der Waals surface area contributed by atoms with Gasteiger partial charge in [0, 0.05) is 40.6 Å². The molecule has 0 saturated heterocycles. The smallest absolute Gasteiger partial charge is 0.121 e. The van der Waals surface area contributed by atoms with Gasteiger partial charge in [-0.15, -0.1) is 53.6 Å². The zero-order valence-corrected chi connectivity index (χ0v) is 33.1. The van der Waals surface area contributed by atoms with Crippen molar-refractivity contribution in [1.29, 1.82) is 0 Å². The van der Waals surface area contributed by atoms with Gasteiger partial charge in [0.1, 0.15) is 5.58 Å². The van der Waals surface area contributed by atoms with E-state index in [2.05, 4.69) is 55.0 Å². The number of fused-ring (bicyclic) bond motifs is 3. The van der Waals surface area contributed by atoms with E-state index in [-0.39, 0.29) is 55.8 Å². The third kappa shape index (κ3) is 8.24. The molecule has 8 aromatic rings. The molecule has 0 atom stereocenters. The van der Waals surface area contributed by atoms with E-state index in [9.17, 15) is 0 Å². The van der Waals surface area contributed by atoms with Gasteiger partial charge in [0.05, 0.1) is 20.5 Å². The minimum Gasteiger partial charge on any atom is -0.501 e. The first-order chi connectivity index (χ1) is 27.6. The minimum absolute atomic E-state index is 0. The molecule has 8 rings (SSSR count). The van der Waals surface area contributed by atoms with Crippen molar-refractivity contribution < 1.29 is 34.1 Å². The number of benzene rings is 5. The Morgan fingerprint density at radius 2 is 1.48 bits per heavy atom. The van der Waals surface area contributed by atoms with Crippen molar-refractivity contribution in [2.75, 3.05) is 0 Å². The van der Waals surface area contributed by atoms with Crippen molar-refractivity contribution in [3.63, 3.8) is 0 Å². The second-order valence-corrected chi connectivity index (χ2v) is 18.7. The van der Waals surface area contributed by atoms with E-state index in [1.54, 1.807) is 18.3 Å². The largest absolute Gasteiger partial charge is 0.501 e.